The Kier molecular flexibility index (Phi) is 7.43. The maximum atomic E-state index is 5.73. The highest BCUT2D eigenvalue weighted by Gasteiger charge is 2.28. The van der Waals surface area contributed by atoms with Gasteiger partial charge in [-0.2, -0.15) is 0 Å². The largest absolute Gasteiger partial charge is 0.172 e. The Hall–Kier alpha value is 0.0949. The summed E-state index contributed by atoms with van der Waals surface area (Å²) in [7, 11) is 0. The Labute approximate surface area is 102 Å². The van der Waals surface area contributed by atoms with E-state index >= 15 is 0 Å². The summed E-state index contributed by atoms with van der Waals surface area (Å²) in [6, 6.07) is 0. The maximum absolute atomic E-state index is 5.73. The molecule has 88 valence electrons. The van der Waals surface area contributed by atoms with Gasteiger partial charge in [-0.25, -0.2) is 0 Å². The first-order valence-corrected chi connectivity index (χ1v) is 6.67. The molecule has 0 saturated heterocycles. The van der Waals surface area contributed by atoms with Gasteiger partial charge in [0.1, 0.15) is 0 Å². The van der Waals surface area contributed by atoms with E-state index in [1.807, 2.05) is 0 Å². The zero-order valence-corrected chi connectivity index (χ0v) is 11.9. The summed E-state index contributed by atoms with van der Waals surface area (Å²) < 4.78 is 0. The monoisotopic (exact) mass is 228 g/mol. The molecule has 0 aliphatic rings. The molecule has 0 fully saturated rings. The molecular weight excluding hydrogens is 202 g/mol. The van der Waals surface area contributed by atoms with E-state index in [9.17, 15) is 0 Å². The molecule has 0 radical (unpaired) electrons. The van der Waals surface area contributed by atoms with Crippen molar-refractivity contribution in [2.24, 2.45) is 11.8 Å². The van der Waals surface area contributed by atoms with Crippen LogP contribution in [0.2, 0.25) is 11.6 Å². The first-order valence-electron chi connectivity index (χ1n) is 6.14. The smallest absolute Gasteiger partial charge is 0.122 e. The van der Waals surface area contributed by atoms with E-state index in [4.69, 9.17) is 11.6 Å². The van der Waals surface area contributed by atoms with Crippen LogP contribution in [-0.2, 0) is 0 Å². The lowest BCUT2D eigenvalue weighted by Gasteiger charge is -2.29. The molecule has 2 unspecified atom stereocenters. The van der Waals surface area contributed by atoms with Crippen molar-refractivity contribution in [3.8, 4) is 0 Å². The Bertz CT molecular complexity index is 173. The van der Waals surface area contributed by atoms with E-state index < -0.39 is 0 Å². The zero-order chi connectivity index (χ0) is 12.0. The van der Waals surface area contributed by atoms with Gasteiger partial charge in [0.15, 0.2) is 6.71 Å². The second kappa shape index (κ2) is 7.38. The second-order valence-corrected chi connectivity index (χ2v) is 5.67. The van der Waals surface area contributed by atoms with Crippen molar-refractivity contribution in [3.63, 3.8) is 0 Å². The van der Waals surface area contributed by atoms with Crippen molar-refractivity contribution < 1.29 is 0 Å². The van der Waals surface area contributed by atoms with Crippen molar-refractivity contribution in [2.45, 2.75) is 53.2 Å². The topological polar surface area (TPSA) is 0 Å². The van der Waals surface area contributed by atoms with Crippen LogP contribution in [0.15, 0.2) is 12.1 Å². The summed E-state index contributed by atoms with van der Waals surface area (Å²) in [6.07, 6.45) is 2.10. The molecule has 0 heterocycles. The highest BCUT2D eigenvalue weighted by Crippen LogP contribution is 2.33. The molecule has 0 aromatic carbocycles. The number of rotatable bonds is 6. The van der Waals surface area contributed by atoms with E-state index in [0.29, 0.717) is 12.6 Å². The van der Waals surface area contributed by atoms with Crippen LogP contribution in [-0.4, -0.2) is 12.6 Å². The van der Waals surface area contributed by atoms with Gasteiger partial charge >= 0.3 is 0 Å². The average molecular weight is 229 g/mol. The summed E-state index contributed by atoms with van der Waals surface area (Å²) in [5, 5.41) is 0. The number of halogens is 1. The molecular formula is C13H26BCl. The summed E-state index contributed by atoms with van der Waals surface area (Å²) in [5.74, 6) is 5.87. The lowest BCUT2D eigenvalue weighted by atomic mass is 9.31. The summed E-state index contributed by atoms with van der Waals surface area (Å²) >= 11 is 5.73. The Balaban J connectivity index is 4.64. The molecule has 0 aromatic heterocycles. The lowest BCUT2D eigenvalue weighted by Crippen LogP contribution is -2.28. The third-order valence-corrected chi connectivity index (χ3v) is 3.94. The standard InChI is InChI=1S/C13H26BCl/c1-10(2)12(5)14(8-7-9-15)13(6)11(3)4/h7-8,10-13H,9H2,1-6H3/b8-7+. The van der Waals surface area contributed by atoms with Crippen molar-refractivity contribution in [2.75, 3.05) is 5.88 Å². The molecule has 0 bridgehead atoms. The van der Waals surface area contributed by atoms with Gasteiger partial charge in [-0.3, -0.25) is 0 Å². The number of hydrogen-bond donors (Lipinski definition) is 0. The van der Waals surface area contributed by atoms with Crippen molar-refractivity contribution in [3.05, 3.63) is 12.1 Å². The molecule has 0 N–H and O–H groups in total. The Morgan fingerprint density at radius 2 is 1.33 bits per heavy atom. The van der Waals surface area contributed by atoms with Gasteiger partial charge in [-0.05, 0) is 0 Å². The van der Waals surface area contributed by atoms with Crippen LogP contribution in [0.25, 0.3) is 0 Å². The first-order chi connectivity index (χ1) is 6.91. The molecule has 0 aliphatic heterocycles. The molecule has 2 heteroatoms. The van der Waals surface area contributed by atoms with E-state index in [0.717, 1.165) is 23.5 Å². The quantitative estimate of drug-likeness (QED) is 0.448. The fraction of sp³-hybridized carbons (Fsp3) is 0.846. The lowest BCUT2D eigenvalue weighted by molar-refractivity contribution is 0.566. The molecule has 0 nitrogen and oxygen atoms in total. The second-order valence-electron chi connectivity index (χ2n) is 5.37. The van der Waals surface area contributed by atoms with Gasteiger partial charge in [-0.1, -0.05) is 71.1 Å². The fourth-order valence-electron chi connectivity index (χ4n) is 1.93. The van der Waals surface area contributed by atoms with Crippen LogP contribution < -0.4 is 0 Å². The molecule has 0 aliphatic carbocycles. The van der Waals surface area contributed by atoms with Gasteiger partial charge in [-0.15, -0.1) is 17.6 Å². The highest BCUT2D eigenvalue weighted by atomic mass is 35.5. The van der Waals surface area contributed by atoms with E-state index in [1.54, 1.807) is 0 Å². The van der Waals surface area contributed by atoms with Gasteiger partial charge in [0.05, 0.1) is 0 Å². The van der Waals surface area contributed by atoms with Gasteiger partial charge < -0.3 is 0 Å². The number of alkyl halides is 1. The Morgan fingerprint density at radius 1 is 0.933 bits per heavy atom. The van der Waals surface area contributed by atoms with E-state index in [-0.39, 0.29) is 0 Å². The average Bonchev–Trinajstić information content (AvgIpc) is 2.17. The third kappa shape index (κ3) is 5.11. The summed E-state index contributed by atoms with van der Waals surface area (Å²) in [5.41, 5.74) is 0. The fourth-order valence-corrected chi connectivity index (χ4v) is 2.03. The van der Waals surface area contributed by atoms with Crippen LogP contribution in [0.5, 0.6) is 0 Å². The van der Waals surface area contributed by atoms with Crippen molar-refractivity contribution in [1.29, 1.82) is 0 Å². The Morgan fingerprint density at radius 3 is 1.60 bits per heavy atom. The third-order valence-electron chi connectivity index (χ3n) is 3.76. The first kappa shape index (κ1) is 15.1. The van der Waals surface area contributed by atoms with Crippen LogP contribution in [0.1, 0.15) is 41.5 Å². The minimum absolute atomic E-state index is 0.631. The normalized spacial score (nSPS) is 16.3. The predicted molar refractivity (Wildman–Crippen MR) is 74.1 cm³/mol. The molecule has 15 heavy (non-hydrogen) atoms. The number of hydrogen-bond acceptors (Lipinski definition) is 0. The van der Waals surface area contributed by atoms with Gasteiger partial charge in [0.2, 0.25) is 0 Å². The minimum atomic E-state index is 0.631. The number of allylic oxidation sites excluding steroid dienone is 1. The van der Waals surface area contributed by atoms with E-state index in [2.05, 4.69) is 53.6 Å². The maximum Gasteiger partial charge on any atom is 0.172 e. The van der Waals surface area contributed by atoms with Crippen molar-refractivity contribution >= 4 is 18.3 Å². The molecule has 0 amide bonds. The van der Waals surface area contributed by atoms with Crippen LogP contribution in [0.3, 0.4) is 0 Å². The summed E-state index contributed by atoms with van der Waals surface area (Å²) in [4.78, 5) is 0. The van der Waals surface area contributed by atoms with Crippen molar-refractivity contribution in [1.82, 2.24) is 0 Å². The van der Waals surface area contributed by atoms with E-state index in [1.165, 1.54) is 0 Å². The minimum Gasteiger partial charge on any atom is -0.122 e. The highest BCUT2D eigenvalue weighted by molar-refractivity contribution is 6.67. The van der Waals surface area contributed by atoms with Gasteiger partial charge in [0, 0.05) is 5.88 Å². The molecule has 0 spiro atoms. The summed E-state index contributed by atoms with van der Waals surface area (Å²) in [6.45, 7) is 14.6. The molecule has 2 atom stereocenters. The van der Waals surface area contributed by atoms with Crippen LogP contribution in [0, 0.1) is 11.8 Å². The SMILES string of the molecule is CC(C)C(C)B(/C=C/CCl)C(C)C(C)C. The van der Waals surface area contributed by atoms with Crippen LogP contribution in [0.4, 0.5) is 0 Å². The predicted octanol–water partition coefficient (Wildman–Crippen LogP) is 4.91. The molecule has 0 saturated carbocycles. The molecule has 0 aromatic rings. The van der Waals surface area contributed by atoms with Crippen LogP contribution >= 0.6 is 11.6 Å². The van der Waals surface area contributed by atoms with Gasteiger partial charge in [0.25, 0.3) is 0 Å². The zero-order valence-electron chi connectivity index (χ0n) is 11.1. The molecule has 0 rings (SSSR count).